The SMILES string of the molecule is CC(c1ccccc1F)N(C)C(=O)/C=C/c1ccc(Oc2cccnc2)c(F)c1. The topological polar surface area (TPSA) is 42.4 Å². The van der Waals surface area contributed by atoms with Gasteiger partial charge in [0, 0.05) is 24.9 Å². The third-order valence-electron chi connectivity index (χ3n) is 4.52. The molecule has 1 heterocycles. The van der Waals surface area contributed by atoms with E-state index in [1.54, 1.807) is 56.6 Å². The van der Waals surface area contributed by atoms with Crippen LogP contribution in [-0.2, 0) is 4.79 Å². The first kappa shape index (κ1) is 20.2. The van der Waals surface area contributed by atoms with Crippen LogP contribution in [0.25, 0.3) is 6.08 Å². The summed E-state index contributed by atoms with van der Waals surface area (Å²) in [5.74, 6) is -0.760. The Hall–Kier alpha value is -3.54. The lowest BCUT2D eigenvalue weighted by atomic mass is 10.1. The molecule has 6 heteroatoms. The van der Waals surface area contributed by atoms with Gasteiger partial charge in [0.1, 0.15) is 11.6 Å². The number of rotatable bonds is 6. The molecule has 0 aliphatic rings. The van der Waals surface area contributed by atoms with Crippen LogP contribution < -0.4 is 4.74 Å². The molecule has 0 aliphatic heterocycles. The summed E-state index contributed by atoms with van der Waals surface area (Å²) in [5.41, 5.74) is 0.932. The van der Waals surface area contributed by atoms with Gasteiger partial charge in [-0.05, 0) is 48.9 Å². The highest BCUT2D eigenvalue weighted by molar-refractivity contribution is 5.91. The molecule has 3 aromatic rings. The molecule has 0 saturated carbocycles. The van der Waals surface area contributed by atoms with E-state index in [0.717, 1.165) is 0 Å². The number of aromatic nitrogens is 1. The number of benzene rings is 2. The molecule has 0 radical (unpaired) electrons. The lowest BCUT2D eigenvalue weighted by Gasteiger charge is -2.24. The second kappa shape index (κ2) is 9.10. The summed E-state index contributed by atoms with van der Waals surface area (Å²) in [4.78, 5) is 17.8. The highest BCUT2D eigenvalue weighted by Gasteiger charge is 2.18. The Balaban J connectivity index is 1.68. The number of nitrogens with zero attached hydrogens (tertiary/aromatic N) is 2. The van der Waals surface area contributed by atoms with E-state index in [0.29, 0.717) is 16.9 Å². The first-order valence-corrected chi connectivity index (χ1v) is 9.02. The number of ether oxygens (including phenoxy) is 1. The van der Waals surface area contributed by atoms with Crippen LogP contribution >= 0.6 is 0 Å². The Labute approximate surface area is 168 Å². The van der Waals surface area contributed by atoms with Crippen molar-refractivity contribution in [1.82, 2.24) is 9.88 Å². The van der Waals surface area contributed by atoms with Gasteiger partial charge in [-0.3, -0.25) is 9.78 Å². The van der Waals surface area contributed by atoms with Gasteiger partial charge in [-0.2, -0.15) is 0 Å². The second-order valence-corrected chi connectivity index (χ2v) is 6.46. The van der Waals surface area contributed by atoms with Crippen LogP contribution in [0.3, 0.4) is 0 Å². The fraction of sp³-hybridized carbons (Fsp3) is 0.130. The fourth-order valence-corrected chi connectivity index (χ4v) is 2.74. The molecule has 0 aliphatic carbocycles. The summed E-state index contributed by atoms with van der Waals surface area (Å²) in [7, 11) is 1.59. The van der Waals surface area contributed by atoms with Gasteiger partial charge in [-0.25, -0.2) is 8.78 Å². The second-order valence-electron chi connectivity index (χ2n) is 6.46. The van der Waals surface area contributed by atoms with Crippen molar-refractivity contribution in [3.8, 4) is 11.5 Å². The zero-order valence-corrected chi connectivity index (χ0v) is 16.0. The maximum Gasteiger partial charge on any atom is 0.246 e. The number of pyridine rings is 1. The smallest absolute Gasteiger partial charge is 0.246 e. The van der Waals surface area contributed by atoms with Crippen molar-refractivity contribution in [2.24, 2.45) is 0 Å². The van der Waals surface area contributed by atoms with E-state index < -0.39 is 11.9 Å². The molecular weight excluding hydrogens is 374 g/mol. The monoisotopic (exact) mass is 394 g/mol. The van der Waals surface area contributed by atoms with Gasteiger partial charge in [-0.15, -0.1) is 0 Å². The molecule has 1 unspecified atom stereocenters. The number of halogens is 2. The number of likely N-dealkylation sites (N-methyl/N-ethyl adjacent to an activating group) is 1. The van der Waals surface area contributed by atoms with Crippen molar-refractivity contribution in [2.75, 3.05) is 7.05 Å². The van der Waals surface area contributed by atoms with Gasteiger partial charge in [0.15, 0.2) is 11.6 Å². The minimum absolute atomic E-state index is 0.0618. The number of hydrogen-bond acceptors (Lipinski definition) is 3. The molecule has 4 nitrogen and oxygen atoms in total. The van der Waals surface area contributed by atoms with Gasteiger partial charge in [0.2, 0.25) is 5.91 Å². The van der Waals surface area contributed by atoms with Gasteiger partial charge in [0.25, 0.3) is 0 Å². The normalized spacial score (nSPS) is 12.0. The first-order chi connectivity index (χ1) is 14.0. The van der Waals surface area contributed by atoms with E-state index in [1.165, 1.54) is 41.4 Å². The van der Waals surface area contributed by atoms with Crippen LogP contribution in [0.2, 0.25) is 0 Å². The predicted molar refractivity (Wildman–Crippen MR) is 107 cm³/mol. The summed E-state index contributed by atoms with van der Waals surface area (Å²) >= 11 is 0. The van der Waals surface area contributed by atoms with Gasteiger partial charge < -0.3 is 9.64 Å². The van der Waals surface area contributed by atoms with Crippen molar-refractivity contribution >= 4 is 12.0 Å². The summed E-state index contributed by atoms with van der Waals surface area (Å²) in [6.45, 7) is 1.74. The zero-order chi connectivity index (χ0) is 20.8. The lowest BCUT2D eigenvalue weighted by molar-refractivity contribution is -0.126. The van der Waals surface area contributed by atoms with E-state index in [2.05, 4.69) is 4.98 Å². The predicted octanol–water partition coefficient (Wildman–Crippen LogP) is 5.38. The number of amides is 1. The molecule has 0 spiro atoms. The van der Waals surface area contributed by atoms with E-state index in [1.807, 2.05) is 0 Å². The molecule has 0 saturated heterocycles. The van der Waals surface area contributed by atoms with Crippen molar-refractivity contribution < 1.29 is 18.3 Å². The van der Waals surface area contributed by atoms with Gasteiger partial charge >= 0.3 is 0 Å². The maximum absolute atomic E-state index is 14.3. The molecular formula is C23H20F2N2O2. The molecule has 29 heavy (non-hydrogen) atoms. The number of hydrogen-bond donors (Lipinski definition) is 0. The molecule has 0 N–H and O–H groups in total. The molecule has 0 bridgehead atoms. The molecule has 1 atom stereocenters. The number of carbonyl (C=O) groups is 1. The highest BCUT2D eigenvalue weighted by atomic mass is 19.1. The molecule has 1 amide bonds. The highest BCUT2D eigenvalue weighted by Crippen LogP contribution is 2.25. The van der Waals surface area contributed by atoms with Crippen LogP contribution in [0.15, 0.2) is 73.1 Å². The molecule has 0 fully saturated rings. The Kier molecular flexibility index (Phi) is 6.34. The molecule has 1 aromatic heterocycles. The van der Waals surface area contributed by atoms with Crippen LogP contribution in [0.5, 0.6) is 11.5 Å². The molecule has 3 rings (SSSR count). The lowest BCUT2D eigenvalue weighted by Crippen LogP contribution is -2.28. The van der Waals surface area contributed by atoms with Crippen molar-refractivity contribution in [3.05, 3.63) is 95.8 Å². The minimum atomic E-state index is -0.559. The standard InChI is InChI=1S/C23H20F2N2O2/c1-16(19-7-3-4-8-20(19)24)27(2)23(28)12-10-17-9-11-22(21(25)14-17)29-18-6-5-13-26-15-18/h3-16H,1-2H3/b12-10+. The van der Waals surface area contributed by atoms with Gasteiger partial charge in [-0.1, -0.05) is 24.3 Å². The summed E-state index contributed by atoms with van der Waals surface area (Å²) in [5, 5.41) is 0. The van der Waals surface area contributed by atoms with E-state index in [4.69, 9.17) is 4.74 Å². The van der Waals surface area contributed by atoms with Crippen molar-refractivity contribution in [1.29, 1.82) is 0 Å². The van der Waals surface area contributed by atoms with E-state index >= 15 is 0 Å². The third kappa shape index (κ3) is 5.04. The maximum atomic E-state index is 14.3. The Morgan fingerprint density at radius 3 is 2.59 bits per heavy atom. The van der Waals surface area contributed by atoms with Crippen molar-refractivity contribution in [3.63, 3.8) is 0 Å². The van der Waals surface area contributed by atoms with E-state index in [-0.39, 0.29) is 17.5 Å². The van der Waals surface area contributed by atoms with Crippen LogP contribution in [0.4, 0.5) is 8.78 Å². The van der Waals surface area contributed by atoms with Crippen LogP contribution in [0, 0.1) is 11.6 Å². The van der Waals surface area contributed by atoms with E-state index in [9.17, 15) is 13.6 Å². The zero-order valence-electron chi connectivity index (χ0n) is 16.0. The number of carbonyl (C=O) groups excluding carboxylic acids is 1. The van der Waals surface area contributed by atoms with Crippen LogP contribution in [0.1, 0.15) is 24.1 Å². The average molecular weight is 394 g/mol. The quantitative estimate of drug-likeness (QED) is 0.527. The van der Waals surface area contributed by atoms with Gasteiger partial charge in [0.05, 0.1) is 12.2 Å². The fourth-order valence-electron chi connectivity index (χ4n) is 2.74. The first-order valence-electron chi connectivity index (χ1n) is 9.02. The summed E-state index contributed by atoms with van der Waals surface area (Å²) in [6, 6.07) is 13.6. The Morgan fingerprint density at radius 2 is 1.90 bits per heavy atom. The summed E-state index contributed by atoms with van der Waals surface area (Å²) in [6.07, 6.45) is 5.91. The minimum Gasteiger partial charge on any atom is -0.453 e. The molecule has 2 aromatic carbocycles. The Morgan fingerprint density at radius 1 is 1.10 bits per heavy atom. The van der Waals surface area contributed by atoms with Crippen LogP contribution in [-0.4, -0.2) is 22.8 Å². The average Bonchev–Trinajstić information content (AvgIpc) is 2.74. The largest absolute Gasteiger partial charge is 0.453 e. The summed E-state index contributed by atoms with van der Waals surface area (Å²) < 4.78 is 33.7. The Bertz CT molecular complexity index is 1020. The van der Waals surface area contributed by atoms with Crippen molar-refractivity contribution in [2.45, 2.75) is 13.0 Å². The third-order valence-corrected chi connectivity index (χ3v) is 4.52. The molecule has 148 valence electrons.